The van der Waals surface area contributed by atoms with E-state index in [0.29, 0.717) is 0 Å². The lowest BCUT2D eigenvalue weighted by molar-refractivity contribution is -0.158. The number of phenolic OH excluding ortho intramolecular Hbond substituents is 1. The number of carbonyl (C=O) groups is 3. The van der Waals surface area contributed by atoms with Gasteiger partial charge in [0.15, 0.2) is 11.6 Å². The maximum atomic E-state index is 12.9. The first kappa shape index (κ1) is 18.1. The lowest BCUT2D eigenvalue weighted by Crippen LogP contribution is -2.52. The molecule has 0 aliphatic heterocycles. The molecule has 8 heteroatoms. The second-order valence-corrected chi connectivity index (χ2v) is 6.38. The Morgan fingerprint density at radius 2 is 1.69 bits per heavy atom. The van der Waals surface area contributed by atoms with Gasteiger partial charge < -0.3 is 24.8 Å². The minimum absolute atomic E-state index is 0.116. The predicted octanol–water partition coefficient (Wildman–Crippen LogP) is 0.380. The van der Waals surface area contributed by atoms with E-state index in [-0.39, 0.29) is 28.0 Å². The van der Waals surface area contributed by atoms with Crippen molar-refractivity contribution in [2.24, 2.45) is 5.92 Å². The van der Waals surface area contributed by atoms with E-state index in [1.54, 1.807) is 0 Å². The van der Waals surface area contributed by atoms with Crippen LogP contribution >= 0.6 is 0 Å². The standard InChI is InChI=1S/C18H18O8/c1-6-14(21)12-13(17(24)18(6)26-7(2)19)16(23)11-9(15(12)22)4-8(25-3)5-10(11)20/h4-6,14,17-18,20-21,24H,1-3H3/t6?,14?,17-,18?/m1/s1. The smallest absolute Gasteiger partial charge is 0.303 e. The topological polar surface area (TPSA) is 130 Å². The Balaban J connectivity index is 2.20. The molecular formula is C18H18O8. The fourth-order valence-corrected chi connectivity index (χ4v) is 3.51. The normalized spacial score (nSPS) is 27.7. The molecule has 2 aliphatic carbocycles. The summed E-state index contributed by atoms with van der Waals surface area (Å²) >= 11 is 0. The third kappa shape index (κ3) is 2.49. The van der Waals surface area contributed by atoms with Gasteiger partial charge in [0.25, 0.3) is 0 Å². The second kappa shape index (κ2) is 6.22. The number of hydrogen-bond donors (Lipinski definition) is 3. The Morgan fingerprint density at radius 1 is 1.08 bits per heavy atom. The predicted molar refractivity (Wildman–Crippen MR) is 87.1 cm³/mol. The van der Waals surface area contributed by atoms with Crippen LogP contribution in [0.15, 0.2) is 23.3 Å². The van der Waals surface area contributed by atoms with Gasteiger partial charge in [-0.25, -0.2) is 0 Å². The third-order valence-corrected chi connectivity index (χ3v) is 4.80. The average Bonchev–Trinajstić information content (AvgIpc) is 2.58. The van der Waals surface area contributed by atoms with Crippen molar-refractivity contribution in [3.8, 4) is 11.5 Å². The number of esters is 1. The third-order valence-electron chi connectivity index (χ3n) is 4.80. The van der Waals surface area contributed by atoms with Gasteiger partial charge in [0.2, 0.25) is 0 Å². The number of fused-ring (bicyclic) bond motifs is 1. The molecule has 0 aromatic heterocycles. The molecule has 138 valence electrons. The summed E-state index contributed by atoms with van der Waals surface area (Å²) < 4.78 is 10.0. The first-order chi connectivity index (χ1) is 12.2. The van der Waals surface area contributed by atoms with Crippen LogP contribution in [0, 0.1) is 5.92 Å². The molecule has 0 spiro atoms. The van der Waals surface area contributed by atoms with Gasteiger partial charge in [-0.1, -0.05) is 6.92 Å². The van der Waals surface area contributed by atoms with Gasteiger partial charge in [-0.3, -0.25) is 14.4 Å². The SMILES string of the molecule is COc1cc(O)c2c(c1)C(=O)C1=C(C2=O)[C@@H](O)C(OC(C)=O)C(C)C1O. The molecule has 0 saturated heterocycles. The van der Waals surface area contributed by atoms with Crippen molar-refractivity contribution in [3.05, 3.63) is 34.4 Å². The number of benzene rings is 1. The molecule has 8 nitrogen and oxygen atoms in total. The van der Waals surface area contributed by atoms with Gasteiger partial charge in [0, 0.05) is 35.6 Å². The lowest BCUT2D eigenvalue weighted by atomic mass is 9.70. The summed E-state index contributed by atoms with van der Waals surface area (Å²) in [5.74, 6) is -3.31. The quantitative estimate of drug-likeness (QED) is 0.644. The molecule has 0 heterocycles. The molecular weight excluding hydrogens is 344 g/mol. The summed E-state index contributed by atoms with van der Waals surface area (Å²) in [6.45, 7) is 2.64. The van der Waals surface area contributed by atoms with E-state index < -0.39 is 47.5 Å². The molecule has 3 N–H and O–H groups in total. The minimum Gasteiger partial charge on any atom is -0.507 e. The van der Waals surface area contributed by atoms with E-state index in [1.807, 2.05) is 0 Å². The maximum Gasteiger partial charge on any atom is 0.303 e. The number of methoxy groups -OCH3 is 1. The molecule has 3 unspecified atom stereocenters. The van der Waals surface area contributed by atoms with E-state index in [9.17, 15) is 29.7 Å². The van der Waals surface area contributed by atoms with Crippen molar-refractivity contribution in [2.75, 3.05) is 7.11 Å². The number of aliphatic hydroxyl groups is 2. The van der Waals surface area contributed by atoms with Gasteiger partial charge in [-0.15, -0.1) is 0 Å². The Morgan fingerprint density at radius 3 is 2.27 bits per heavy atom. The van der Waals surface area contributed by atoms with E-state index in [4.69, 9.17) is 9.47 Å². The van der Waals surface area contributed by atoms with Crippen LogP contribution in [0.2, 0.25) is 0 Å². The Hall–Kier alpha value is -2.71. The van der Waals surface area contributed by atoms with Crippen molar-refractivity contribution in [2.45, 2.75) is 32.2 Å². The first-order valence-electron chi connectivity index (χ1n) is 7.96. The molecule has 26 heavy (non-hydrogen) atoms. The largest absolute Gasteiger partial charge is 0.507 e. The van der Waals surface area contributed by atoms with Crippen molar-refractivity contribution >= 4 is 17.5 Å². The van der Waals surface area contributed by atoms with Crippen LogP contribution in [0.5, 0.6) is 11.5 Å². The molecule has 2 aliphatic rings. The zero-order chi connectivity index (χ0) is 19.3. The molecule has 0 fully saturated rings. The molecule has 0 bridgehead atoms. The van der Waals surface area contributed by atoms with Crippen LogP contribution in [-0.2, 0) is 9.53 Å². The number of ketones is 2. The number of rotatable bonds is 2. The summed E-state index contributed by atoms with van der Waals surface area (Å²) in [6, 6.07) is 2.47. The number of aromatic hydroxyl groups is 1. The molecule has 3 rings (SSSR count). The zero-order valence-corrected chi connectivity index (χ0v) is 14.3. The highest BCUT2D eigenvalue weighted by atomic mass is 16.6. The molecule has 1 aromatic rings. The van der Waals surface area contributed by atoms with Gasteiger partial charge in [0.1, 0.15) is 23.7 Å². The summed E-state index contributed by atoms with van der Waals surface area (Å²) in [5, 5.41) is 31.3. The van der Waals surface area contributed by atoms with Crippen molar-refractivity contribution in [3.63, 3.8) is 0 Å². The molecule has 0 radical (unpaired) electrons. The molecule has 0 saturated carbocycles. The van der Waals surface area contributed by atoms with Gasteiger partial charge in [-0.05, 0) is 6.07 Å². The van der Waals surface area contributed by atoms with E-state index in [0.717, 1.165) is 6.92 Å². The number of ether oxygens (including phenoxy) is 2. The van der Waals surface area contributed by atoms with Crippen LogP contribution < -0.4 is 4.74 Å². The summed E-state index contributed by atoms with van der Waals surface area (Å²) in [5.41, 5.74) is -1.01. The van der Waals surface area contributed by atoms with Crippen LogP contribution in [0.4, 0.5) is 0 Å². The Kier molecular flexibility index (Phi) is 4.33. The molecule has 1 aromatic carbocycles. The highest BCUT2D eigenvalue weighted by Crippen LogP contribution is 2.42. The average molecular weight is 362 g/mol. The van der Waals surface area contributed by atoms with Crippen molar-refractivity contribution in [1.29, 1.82) is 0 Å². The van der Waals surface area contributed by atoms with E-state index in [2.05, 4.69) is 0 Å². The lowest BCUT2D eigenvalue weighted by Gasteiger charge is -2.40. The monoisotopic (exact) mass is 362 g/mol. The van der Waals surface area contributed by atoms with E-state index >= 15 is 0 Å². The van der Waals surface area contributed by atoms with Gasteiger partial charge in [-0.2, -0.15) is 0 Å². The number of phenols is 1. The fourth-order valence-electron chi connectivity index (χ4n) is 3.51. The van der Waals surface area contributed by atoms with Crippen LogP contribution in [0.1, 0.15) is 34.6 Å². The maximum absolute atomic E-state index is 12.9. The minimum atomic E-state index is -1.60. The summed E-state index contributed by atoms with van der Waals surface area (Å²) in [7, 11) is 1.34. The molecule has 4 atom stereocenters. The summed E-state index contributed by atoms with van der Waals surface area (Å²) in [4.78, 5) is 37.1. The number of aliphatic hydroxyl groups excluding tert-OH is 2. The van der Waals surface area contributed by atoms with Crippen LogP contribution in [0.25, 0.3) is 0 Å². The number of Topliss-reactive ketones (excluding diaryl/α,β-unsaturated/α-hetero) is 2. The van der Waals surface area contributed by atoms with Gasteiger partial charge in [0.05, 0.1) is 18.8 Å². The highest BCUT2D eigenvalue weighted by molar-refractivity contribution is 6.29. The van der Waals surface area contributed by atoms with Crippen LogP contribution in [-0.4, -0.2) is 58.3 Å². The fraction of sp³-hybridized carbons (Fsp3) is 0.389. The highest BCUT2D eigenvalue weighted by Gasteiger charge is 2.50. The second-order valence-electron chi connectivity index (χ2n) is 6.38. The number of hydrogen-bond acceptors (Lipinski definition) is 8. The van der Waals surface area contributed by atoms with E-state index in [1.165, 1.54) is 26.2 Å². The van der Waals surface area contributed by atoms with Crippen LogP contribution in [0.3, 0.4) is 0 Å². The van der Waals surface area contributed by atoms with Crippen molar-refractivity contribution < 1.29 is 39.2 Å². The Labute approximate surface area is 148 Å². The van der Waals surface area contributed by atoms with Crippen molar-refractivity contribution in [1.82, 2.24) is 0 Å². The molecule has 0 amide bonds. The first-order valence-corrected chi connectivity index (χ1v) is 7.96. The summed E-state index contributed by atoms with van der Waals surface area (Å²) in [6.07, 6.45) is -4.21. The Bertz CT molecular complexity index is 853. The number of carbonyl (C=O) groups excluding carboxylic acids is 3. The van der Waals surface area contributed by atoms with Gasteiger partial charge >= 0.3 is 5.97 Å². The zero-order valence-electron chi connectivity index (χ0n) is 14.3.